The molecule has 0 atom stereocenters. The molecule has 6 N–H and O–H groups in total. The third-order valence-corrected chi connectivity index (χ3v) is 3.99. The average molecular weight is 401 g/mol. The van der Waals surface area contributed by atoms with Crippen LogP contribution in [-0.2, 0) is 15.6 Å². The van der Waals surface area contributed by atoms with Gasteiger partial charge in [0.2, 0.25) is 0 Å². The van der Waals surface area contributed by atoms with E-state index < -0.39 is 7.82 Å². The molecule has 1 heterocycles. The smallest absolute Gasteiger partial charge is 0.359 e. The molecule has 9 nitrogen and oxygen atoms in total. The average Bonchev–Trinajstić information content (AvgIpc) is 2.88. The number of rotatable bonds is 4. The Labute approximate surface area is 154 Å². The molecule has 0 fully saturated rings. The van der Waals surface area contributed by atoms with E-state index >= 15 is 0 Å². The molecule has 0 unspecified atom stereocenters. The van der Waals surface area contributed by atoms with E-state index in [1.54, 1.807) is 11.0 Å². The maximum atomic E-state index is 10.6. The van der Waals surface area contributed by atoms with Crippen molar-refractivity contribution >= 4 is 54.1 Å². The van der Waals surface area contributed by atoms with Gasteiger partial charge in [0.1, 0.15) is 6.11 Å². The van der Waals surface area contributed by atoms with E-state index in [2.05, 4.69) is 31.2 Å². The largest absolute Gasteiger partial charge is 0.533 e. The molecule has 25 heavy (non-hydrogen) atoms. The zero-order chi connectivity index (χ0) is 18.6. The fraction of sp³-hybridized carbons (Fsp3) is 0.231. The van der Waals surface area contributed by atoms with E-state index in [4.69, 9.17) is 34.2 Å². The minimum absolute atomic E-state index is 0.436. The van der Waals surface area contributed by atoms with Crippen molar-refractivity contribution in [1.82, 2.24) is 20.2 Å². The molecule has 0 radical (unpaired) electrons. The lowest BCUT2D eigenvalue weighted by Gasteiger charge is -2.15. The van der Waals surface area contributed by atoms with Crippen molar-refractivity contribution in [3.8, 4) is 12.2 Å². The summed E-state index contributed by atoms with van der Waals surface area (Å²) in [4.78, 5) is 25.0. The van der Waals surface area contributed by atoms with Gasteiger partial charge in [-0.2, -0.15) is 0 Å². The lowest BCUT2D eigenvalue weighted by molar-refractivity contribution is 0.269. The number of fused-ring (bicyclic) bond motifs is 1. The molecule has 1 aromatic heterocycles. The third-order valence-electron chi connectivity index (χ3n) is 2.95. The van der Waals surface area contributed by atoms with Crippen LogP contribution in [0, 0.1) is 16.9 Å². The number of anilines is 1. The number of hydrogen-bond acceptors (Lipinski definition) is 5. The van der Waals surface area contributed by atoms with Crippen molar-refractivity contribution < 1.29 is 18.9 Å². The Morgan fingerprint density at radius 1 is 1.40 bits per heavy atom. The molecule has 12 heteroatoms. The van der Waals surface area contributed by atoms with Gasteiger partial charge in [-0.05, 0) is 42.1 Å². The van der Waals surface area contributed by atoms with Crippen LogP contribution in [0.5, 0.6) is 0 Å². The number of nitrogens with one attached hydrogen (secondary N) is 4. The third kappa shape index (κ3) is 5.74. The van der Waals surface area contributed by atoms with Crippen molar-refractivity contribution in [3.63, 3.8) is 0 Å². The summed E-state index contributed by atoms with van der Waals surface area (Å²) in [5.74, 6) is 0. The fourth-order valence-corrected chi connectivity index (χ4v) is 2.36. The summed E-state index contributed by atoms with van der Waals surface area (Å²) in [7, 11) is -0.967. The Kier molecular flexibility index (Phi) is 6.05. The second kappa shape index (κ2) is 7.86. The molecule has 0 amide bonds. The van der Waals surface area contributed by atoms with Gasteiger partial charge in [-0.1, -0.05) is 0 Å². The van der Waals surface area contributed by atoms with Gasteiger partial charge in [0.15, 0.2) is 9.88 Å². The first-order valence-electron chi connectivity index (χ1n) is 6.86. The highest BCUT2D eigenvalue weighted by atomic mass is 32.1. The van der Waals surface area contributed by atoms with Crippen molar-refractivity contribution in [1.29, 1.82) is 0 Å². The number of nitrogens with zero attached hydrogens (tertiary/aromatic N) is 1. The number of aromatic nitrogens is 2. The molecular formula is C13H16N5O4PS2. The Balaban J connectivity index is 2.26. The molecule has 2 aromatic rings. The van der Waals surface area contributed by atoms with Crippen molar-refractivity contribution in [2.24, 2.45) is 0 Å². The Hall–Kier alpha value is -2.09. The SMILES string of the molecule is CN(C)C(=S)NCc1cc(NC#COP(=O)(O)O)c2[nH]c(=S)[nH]c2c1. The van der Waals surface area contributed by atoms with Gasteiger partial charge >= 0.3 is 7.82 Å². The van der Waals surface area contributed by atoms with Crippen LogP contribution in [0.15, 0.2) is 12.1 Å². The summed E-state index contributed by atoms with van der Waals surface area (Å²) in [6.07, 6.45) is 1.91. The summed E-state index contributed by atoms with van der Waals surface area (Å²) >= 11 is 10.3. The van der Waals surface area contributed by atoms with Gasteiger partial charge in [0.05, 0.1) is 22.8 Å². The molecule has 0 bridgehead atoms. The summed E-state index contributed by atoms with van der Waals surface area (Å²) in [6, 6.07) is 6.04. The number of H-pyrrole nitrogens is 2. The molecule has 0 saturated heterocycles. The van der Waals surface area contributed by atoms with E-state index in [1.165, 1.54) is 0 Å². The summed E-state index contributed by atoms with van der Waals surface area (Å²) in [5.41, 5.74) is 2.89. The van der Waals surface area contributed by atoms with Gasteiger partial charge in [-0.15, -0.1) is 0 Å². The van der Waals surface area contributed by atoms with Crippen LogP contribution in [0.25, 0.3) is 11.0 Å². The first kappa shape index (κ1) is 19.2. The number of hydrogen-bond donors (Lipinski definition) is 6. The van der Waals surface area contributed by atoms with Crippen LogP contribution >= 0.6 is 32.3 Å². The molecule has 2 rings (SSSR count). The lowest BCUT2D eigenvalue weighted by atomic mass is 10.1. The van der Waals surface area contributed by atoms with Crippen molar-refractivity contribution in [2.45, 2.75) is 6.54 Å². The maximum Gasteiger partial charge on any atom is 0.533 e. The first-order valence-corrected chi connectivity index (χ1v) is 9.20. The fourth-order valence-electron chi connectivity index (χ4n) is 1.91. The summed E-state index contributed by atoms with van der Waals surface area (Å²) < 4.78 is 15.1. The standard InChI is InChI=1S/C13H16N5O4PS2/c1-18(2)13(25)15-7-8-5-9(14-3-4-22-23(19,20)21)11-10(6-8)16-12(24)17-11/h5-6,14H,7H2,1-2H3,(H,15,25)(H2,16,17,24)(H2,19,20,21). The van der Waals surface area contributed by atoms with Crippen LogP contribution < -0.4 is 10.6 Å². The van der Waals surface area contributed by atoms with E-state index in [1.807, 2.05) is 26.3 Å². The molecule has 0 saturated carbocycles. The number of phosphoric acid groups is 1. The molecule has 134 valence electrons. The number of aromatic amines is 2. The highest BCUT2D eigenvalue weighted by Crippen LogP contribution is 2.34. The minimum Gasteiger partial charge on any atom is -0.359 e. The van der Waals surface area contributed by atoms with Crippen LogP contribution in [-0.4, -0.2) is 43.9 Å². The van der Waals surface area contributed by atoms with Gasteiger partial charge in [0.25, 0.3) is 0 Å². The molecule has 0 aliphatic rings. The monoisotopic (exact) mass is 401 g/mol. The van der Waals surface area contributed by atoms with E-state index in [0.717, 1.165) is 11.1 Å². The number of benzene rings is 1. The number of imidazole rings is 1. The summed E-state index contributed by atoms with van der Waals surface area (Å²) in [5, 5.41) is 6.42. The van der Waals surface area contributed by atoms with Gasteiger partial charge < -0.3 is 30.0 Å². The predicted octanol–water partition coefficient (Wildman–Crippen LogP) is 1.60. The molecule has 1 aromatic carbocycles. The van der Waals surface area contributed by atoms with E-state index in [9.17, 15) is 4.57 Å². The predicted molar refractivity (Wildman–Crippen MR) is 101 cm³/mol. The van der Waals surface area contributed by atoms with E-state index in [-0.39, 0.29) is 0 Å². The molecular weight excluding hydrogens is 385 g/mol. The second-order valence-electron chi connectivity index (χ2n) is 5.13. The second-order valence-corrected chi connectivity index (χ2v) is 7.09. The van der Waals surface area contributed by atoms with E-state index in [0.29, 0.717) is 27.6 Å². The molecule has 0 aliphatic carbocycles. The number of phosphoric ester groups is 1. The normalized spacial score (nSPS) is 10.7. The molecule has 0 aliphatic heterocycles. The van der Waals surface area contributed by atoms with Crippen molar-refractivity contribution in [2.75, 3.05) is 19.4 Å². The van der Waals surface area contributed by atoms with Crippen LogP contribution in [0.3, 0.4) is 0 Å². The van der Waals surface area contributed by atoms with Gasteiger partial charge in [0, 0.05) is 20.6 Å². The Bertz CT molecular complexity index is 953. The highest BCUT2D eigenvalue weighted by Gasteiger charge is 2.12. The maximum absolute atomic E-state index is 10.6. The van der Waals surface area contributed by atoms with Crippen LogP contribution in [0.4, 0.5) is 5.69 Å². The van der Waals surface area contributed by atoms with Crippen LogP contribution in [0.1, 0.15) is 5.56 Å². The Morgan fingerprint density at radius 2 is 2.12 bits per heavy atom. The summed E-state index contributed by atoms with van der Waals surface area (Å²) in [6.45, 7) is 0.472. The van der Waals surface area contributed by atoms with Crippen molar-refractivity contribution in [3.05, 3.63) is 22.5 Å². The zero-order valence-corrected chi connectivity index (χ0v) is 15.8. The molecule has 0 spiro atoms. The topological polar surface area (TPSA) is 126 Å². The lowest BCUT2D eigenvalue weighted by Crippen LogP contribution is -2.33. The van der Waals surface area contributed by atoms with Crippen LogP contribution in [0.2, 0.25) is 0 Å². The zero-order valence-electron chi connectivity index (χ0n) is 13.3. The minimum atomic E-state index is -4.64. The quantitative estimate of drug-likeness (QED) is 0.196. The first-order chi connectivity index (χ1) is 11.7. The van der Waals surface area contributed by atoms with Gasteiger partial charge in [-0.25, -0.2) is 4.57 Å². The van der Waals surface area contributed by atoms with Gasteiger partial charge in [-0.3, -0.25) is 9.79 Å². The highest BCUT2D eigenvalue weighted by molar-refractivity contribution is 7.80. The number of thiocarbonyl (C=S) groups is 1. The Morgan fingerprint density at radius 3 is 2.76 bits per heavy atom.